The summed E-state index contributed by atoms with van der Waals surface area (Å²) in [6.07, 6.45) is 5.92. The van der Waals surface area contributed by atoms with Gasteiger partial charge in [0, 0.05) is 36.7 Å². The van der Waals surface area contributed by atoms with Crippen LogP contribution in [0.15, 0.2) is 36.8 Å². The van der Waals surface area contributed by atoms with Crippen LogP contribution in [0.3, 0.4) is 0 Å². The van der Waals surface area contributed by atoms with Crippen molar-refractivity contribution in [3.8, 4) is 0 Å². The smallest absolute Gasteiger partial charge is 0.242 e. The molecule has 0 spiro atoms. The van der Waals surface area contributed by atoms with Crippen molar-refractivity contribution in [2.75, 3.05) is 0 Å². The molecule has 1 amide bonds. The molecule has 1 aliphatic rings. The van der Waals surface area contributed by atoms with Crippen LogP contribution in [0.4, 0.5) is 0 Å². The molecular weight excluding hydrogens is 268 g/mol. The summed E-state index contributed by atoms with van der Waals surface area (Å²) in [6, 6.07) is 5.99. The van der Waals surface area contributed by atoms with Crippen molar-refractivity contribution in [2.24, 2.45) is 0 Å². The van der Waals surface area contributed by atoms with E-state index < -0.39 is 0 Å². The van der Waals surface area contributed by atoms with E-state index in [0.717, 1.165) is 17.7 Å². The minimum absolute atomic E-state index is 0.0588. The summed E-state index contributed by atoms with van der Waals surface area (Å²) in [7, 11) is 0. The maximum atomic E-state index is 12.0. The average Bonchev–Trinajstić information content (AvgIpc) is 3.10. The van der Waals surface area contributed by atoms with E-state index in [1.165, 1.54) is 0 Å². The minimum Gasteiger partial charge on any atom is -0.338 e. The lowest BCUT2D eigenvalue weighted by atomic mass is 10.1. The third kappa shape index (κ3) is 3.26. The van der Waals surface area contributed by atoms with Crippen LogP contribution in [-0.4, -0.2) is 26.8 Å². The fraction of sp³-hybridized carbons (Fsp3) is 0.357. The Hall–Kier alpha value is -2.25. The Morgan fingerprint density at radius 3 is 2.86 bits per heavy atom. The summed E-state index contributed by atoms with van der Waals surface area (Å²) in [6.45, 7) is 2.16. The highest BCUT2D eigenvalue weighted by Crippen LogP contribution is 2.20. The van der Waals surface area contributed by atoms with E-state index in [1.807, 2.05) is 25.1 Å². The van der Waals surface area contributed by atoms with E-state index in [1.54, 1.807) is 23.3 Å². The Balaban J connectivity index is 1.53. The van der Waals surface area contributed by atoms with Gasteiger partial charge in [-0.15, -0.1) is 0 Å². The second-order valence-electron chi connectivity index (χ2n) is 5.11. The highest BCUT2D eigenvalue weighted by atomic mass is 16.2. The molecular formula is C14H18N6O. The van der Waals surface area contributed by atoms with Crippen molar-refractivity contribution in [1.29, 1.82) is 0 Å². The van der Waals surface area contributed by atoms with E-state index in [4.69, 9.17) is 0 Å². The number of hydrogen-bond acceptors (Lipinski definition) is 5. The number of hydrogen-bond donors (Lipinski definition) is 3. The predicted molar refractivity (Wildman–Crippen MR) is 76.8 cm³/mol. The zero-order chi connectivity index (χ0) is 14.7. The number of amides is 1. The summed E-state index contributed by atoms with van der Waals surface area (Å²) in [5, 5.41) is 7.06. The normalized spacial score (nSPS) is 21.4. The first-order valence-corrected chi connectivity index (χ1v) is 6.91. The Kier molecular flexibility index (Phi) is 3.94. The van der Waals surface area contributed by atoms with Crippen LogP contribution in [0.5, 0.6) is 0 Å². The maximum absolute atomic E-state index is 12.0. The molecule has 2 aromatic heterocycles. The number of nitrogens with zero attached hydrogens (tertiary/aromatic N) is 3. The van der Waals surface area contributed by atoms with Gasteiger partial charge in [-0.1, -0.05) is 0 Å². The second-order valence-corrected chi connectivity index (χ2v) is 5.11. The van der Waals surface area contributed by atoms with E-state index in [-0.39, 0.29) is 24.7 Å². The lowest BCUT2D eigenvalue weighted by Crippen LogP contribution is -2.45. The summed E-state index contributed by atoms with van der Waals surface area (Å²) in [5.41, 5.74) is 8.40. The molecule has 1 aliphatic heterocycles. The first-order valence-electron chi connectivity index (χ1n) is 6.91. The van der Waals surface area contributed by atoms with Crippen molar-refractivity contribution in [3.05, 3.63) is 48.0 Å². The van der Waals surface area contributed by atoms with Crippen LogP contribution in [0.25, 0.3) is 0 Å². The van der Waals surface area contributed by atoms with Gasteiger partial charge in [0.25, 0.3) is 0 Å². The van der Waals surface area contributed by atoms with Gasteiger partial charge in [-0.05, 0) is 30.7 Å². The van der Waals surface area contributed by atoms with Crippen LogP contribution in [0.1, 0.15) is 23.7 Å². The quantitative estimate of drug-likeness (QED) is 0.751. The fourth-order valence-electron chi connectivity index (χ4n) is 2.41. The van der Waals surface area contributed by atoms with Crippen LogP contribution < -0.4 is 16.2 Å². The number of carbonyl (C=O) groups is 1. The molecule has 7 nitrogen and oxygen atoms in total. The van der Waals surface area contributed by atoms with Gasteiger partial charge < -0.3 is 5.32 Å². The number of pyridine rings is 1. The number of hydrazine groups is 1. The van der Waals surface area contributed by atoms with Crippen molar-refractivity contribution in [3.63, 3.8) is 0 Å². The Labute approximate surface area is 122 Å². The second kappa shape index (κ2) is 6.02. The number of nitrogens with one attached hydrogen (secondary N) is 3. The van der Waals surface area contributed by atoms with Crippen LogP contribution in [0, 0.1) is 6.92 Å². The third-order valence-electron chi connectivity index (χ3n) is 3.57. The largest absolute Gasteiger partial charge is 0.338 e. The van der Waals surface area contributed by atoms with Crippen molar-refractivity contribution in [2.45, 2.75) is 32.1 Å². The number of rotatable bonds is 4. The van der Waals surface area contributed by atoms with Crippen LogP contribution >= 0.6 is 0 Å². The number of aromatic nitrogens is 3. The van der Waals surface area contributed by atoms with Gasteiger partial charge in [-0.3, -0.25) is 14.5 Å². The van der Waals surface area contributed by atoms with E-state index in [2.05, 4.69) is 26.3 Å². The van der Waals surface area contributed by atoms with Crippen LogP contribution in [-0.2, 0) is 11.3 Å². The SMILES string of the molecule is Cc1ccnn1CC(=O)NC1CC(c2ccncc2)NN1. The summed E-state index contributed by atoms with van der Waals surface area (Å²) in [4.78, 5) is 16.0. The lowest BCUT2D eigenvalue weighted by molar-refractivity contribution is -0.122. The molecule has 3 rings (SSSR count). The van der Waals surface area contributed by atoms with Gasteiger partial charge >= 0.3 is 0 Å². The predicted octanol–water partition coefficient (Wildman–Crippen LogP) is 0.268. The first kappa shape index (κ1) is 13.7. The molecule has 21 heavy (non-hydrogen) atoms. The molecule has 1 fully saturated rings. The van der Waals surface area contributed by atoms with E-state index in [9.17, 15) is 4.79 Å². The molecule has 3 N–H and O–H groups in total. The first-order chi connectivity index (χ1) is 10.2. The van der Waals surface area contributed by atoms with Gasteiger partial charge in [-0.2, -0.15) is 5.10 Å². The average molecular weight is 286 g/mol. The maximum Gasteiger partial charge on any atom is 0.242 e. The van der Waals surface area contributed by atoms with Gasteiger partial charge in [0.15, 0.2) is 0 Å². The number of carbonyl (C=O) groups excluding carboxylic acids is 1. The Morgan fingerprint density at radius 1 is 1.33 bits per heavy atom. The molecule has 7 heteroatoms. The fourth-order valence-corrected chi connectivity index (χ4v) is 2.41. The van der Waals surface area contributed by atoms with Gasteiger partial charge in [-0.25, -0.2) is 10.9 Å². The molecule has 1 saturated heterocycles. The van der Waals surface area contributed by atoms with Crippen molar-refractivity contribution < 1.29 is 4.79 Å². The summed E-state index contributed by atoms with van der Waals surface area (Å²) in [5.74, 6) is -0.0588. The molecule has 0 bridgehead atoms. The van der Waals surface area contributed by atoms with Gasteiger partial charge in [0.2, 0.25) is 5.91 Å². The molecule has 0 radical (unpaired) electrons. The lowest BCUT2D eigenvalue weighted by Gasteiger charge is -2.12. The van der Waals surface area contributed by atoms with Crippen molar-refractivity contribution in [1.82, 2.24) is 30.9 Å². The highest BCUT2D eigenvalue weighted by molar-refractivity contribution is 5.76. The summed E-state index contributed by atoms with van der Waals surface area (Å²) < 4.78 is 1.68. The minimum atomic E-state index is -0.0912. The molecule has 2 aromatic rings. The topological polar surface area (TPSA) is 83.9 Å². The Bertz CT molecular complexity index is 611. The number of aryl methyl sites for hydroxylation is 1. The zero-order valence-corrected chi connectivity index (χ0v) is 11.8. The molecule has 110 valence electrons. The molecule has 3 heterocycles. The zero-order valence-electron chi connectivity index (χ0n) is 11.8. The van der Waals surface area contributed by atoms with Crippen molar-refractivity contribution >= 4 is 5.91 Å². The molecule has 2 atom stereocenters. The van der Waals surface area contributed by atoms with Crippen LogP contribution in [0.2, 0.25) is 0 Å². The van der Waals surface area contributed by atoms with E-state index in [0.29, 0.717) is 0 Å². The van der Waals surface area contributed by atoms with E-state index >= 15 is 0 Å². The highest BCUT2D eigenvalue weighted by Gasteiger charge is 2.26. The standard InChI is InChI=1S/C14H18N6O/c1-10-2-7-16-20(10)9-14(21)17-13-8-12(18-19-13)11-3-5-15-6-4-11/h2-7,12-13,18-19H,8-9H2,1H3,(H,17,21). The Morgan fingerprint density at radius 2 is 2.14 bits per heavy atom. The summed E-state index contributed by atoms with van der Waals surface area (Å²) >= 11 is 0. The molecule has 2 unspecified atom stereocenters. The monoisotopic (exact) mass is 286 g/mol. The molecule has 0 aliphatic carbocycles. The van der Waals surface area contributed by atoms with Gasteiger partial charge in [0.05, 0.1) is 6.17 Å². The third-order valence-corrected chi connectivity index (χ3v) is 3.57. The molecule has 0 aromatic carbocycles. The van der Waals surface area contributed by atoms with Gasteiger partial charge in [0.1, 0.15) is 6.54 Å². The molecule has 0 saturated carbocycles.